The van der Waals surface area contributed by atoms with E-state index in [-0.39, 0.29) is 24.4 Å². The van der Waals surface area contributed by atoms with Crippen LogP contribution in [0.5, 0.6) is 0 Å². The van der Waals surface area contributed by atoms with E-state index in [4.69, 9.17) is 0 Å². The van der Waals surface area contributed by atoms with Gasteiger partial charge in [0, 0.05) is 25.5 Å². The molecule has 3 rings (SSSR count). The van der Waals surface area contributed by atoms with Crippen LogP contribution < -0.4 is 15.1 Å². The highest BCUT2D eigenvalue weighted by atomic mass is 16.2. The van der Waals surface area contributed by atoms with Gasteiger partial charge >= 0.3 is 0 Å². The van der Waals surface area contributed by atoms with Crippen molar-refractivity contribution in [2.75, 3.05) is 30.4 Å². The lowest BCUT2D eigenvalue weighted by Gasteiger charge is -2.33. The average molecular weight is 273 g/mol. The second kappa shape index (κ2) is 4.81. The molecule has 20 heavy (non-hydrogen) atoms. The minimum Gasteiger partial charge on any atom is -0.378 e. The highest BCUT2D eigenvalue weighted by Gasteiger charge is 2.43. The van der Waals surface area contributed by atoms with Crippen LogP contribution in [0.3, 0.4) is 0 Å². The lowest BCUT2D eigenvalue weighted by molar-refractivity contribution is -0.131. The van der Waals surface area contributed by atoms with E-state index >= 15 is 0 Å². The Balaban J connectivity index is 1.89. The first-order valence-electron chi connectivity index (χ1n) is 6.94. The van der Waals surface area contributed by atoms with Gasteiger partial charge < -0.3 is 15.1 Å². The molecule has 106 valence electrons. The number of nitrogens with one attached hydrogen (secondary N) is 1. The van der Waals surface area contributed by atoms with E-state index in [1.165, 1.54) is 0 Å². The number of amides is 2. The summed E-state index contributed by atoms with van der Waals surface area (Å²) in [4.78, 5) is 28.0. The monoisotopic (exact) mass is 273 g/mol. The maximum Gasteiger partial charge on any atom is 0.250 e. The molecule has 1 saturated heterocycles. The van der Waals surface area contributed by atoms with Crippen LogP contribution in [0.25, 0.3) is 0 Å². The molecule has 0 aromatic heterocycles. The van der Waals surface area contributed by atoms with Crippen LogP contribution in [0.15, 0.2) is 24.3 Å². The largest absolute Gasteiger partial charge is 0.378 e. The molecule has 1 aliphatic heterocycles. The van der Waals surface area contributed by atoms with E-state index in [2.05, 4.69) is 5.32 Å². The molecule has 1 saturated carbocycles. The fourth-order valence-electron chi connectivity index (χ4n) is 2.58. The van der Waals surface area contributed by atoms with Crippen molar-refractivity contribution in [1.82, 2.24) is 5.32 Å². The number of anilines is 2. The molecule has 0 bridgehead atoms. The summed E-state index contributed by atoms with van der Waals surface area (Å²) < 4.78 is 0. The summed E-state index contributed by atoms with van der Waals surface area (Å²) in [6, 6.07) is 7.39. The van der Waals surface area contributed by atoms with E-state index in [9.17, 15) is 9.59 Å². The summed E-state index contributed by atoms with van der Waals surface area (Å²) in [7, 11) is 3.91. The average Bonchev–Trinajstić information content (AvgIpc) is 3.25. The van der Waals surface area contributed by atoms with E-state index < -0.39 is 0 Å². The zero-order valence-electron chi connectivity index (χ0n) is 11.8. The van der Waals surface area contributed by atoms with Crippen molar-refractivity contribution >= 4 is 23.2 Å². The first-order valence-corrected chi connectivity index (χ1v) is 6.94. The number of carbonyl (C=O) groups excluding carboxylic acids is 2. The molecule has 1 aromatic carbocycles. The van der Waals surface area contributed by atoms with Crippen LogP contribution in [0, 0.1) is 5.92 Å². The first kappa shape index (κ1) is 13.0. The van der Waals surface area contributed by atoms with Gasteiger partial charge in [-0.15, -0.1) is 0 Å². The Kier molecular flexibility index (Phi) is 3.12. The first-order chi connectivity index (χ1) is 9.56. The molecule has 1 N–H and O–H groups in total. The zero-order valence-corrected chi connectivity index (χ0v) is 11.8. The quantitative estimate of drug-likeness (QED) is 0.893. The minimum absolute atomic E-state index is 0.0167. The van der Waals surface area contributed by atoms with Crippen LogP contribution in [0.2, 0.25) is 0 Å². The molecule has 5 nitrogen and oxygen atoms in total. The number of carbonyl (C=O) groups is 2. The van der Waals surface area contributed by atoms with Gasteiger partial charge in [-0.05, 0) is 37.0 Å². The molecule has 1 aliphatic carbocycles. The van der Waals surface area contributed by atoms with Crippen LogP contribution in [0.1, 0.15) is 12.8 Å². The van der Waals surface area contributed by atoms with E-state index in [0.717, 1.165) is 24.2 Å². The smallest absolute Gasteiger partial charge is 0.250 e. The molecule has 2 amide bonds. The van der Waals surface area contributed by atoms with Crippen molar-refractivity contribution in [3.8, 4) is 0 Å². The highest BCUT2D eigenvalue weighted by Crippen LogP contribution is 2.35. The fourth-order valence-corrected chi connectivity index (χ4v) is 2.58. The molecule has 1 heterocycles. The van der Waals surface area contributed by atoms with Crippen LogP contribution in [0.4, 0.5) is 11.4 Å². The Morgan fingerprint density at radius 3 is 2.65 bits per heavy atom. The normalized spacial score (nSPS) is 22.7. The molecule has 2 fully saturated rings. The van der Waals surface area contributed by atoms with Gasteiger partial charge in [-0.1, -0.05) is 6.07 Å². The molecule has 1 atom stereocenters. The van der Waals surface area contributed by atoms with E-state index in [0.29, 0.717) is 5.92 Å². The second-order valence-corrected chi connectivity index (χ2v) is 5.72. The molecular formula is C15H19N3O2. The molecule has 0 spiro atoms. The Bertz CT molecular complexity index is 552. The van der Waals surface area contributed by atoms with Gasteiger partial charge in [0.15, 0.2) is 0 Å². The Hall–Kier alpha value is -2.04. The molecule has 5 heteroatoms. The number of hydrogen-bond donors (Lipinski definition) is 1. The SMILES string of the molecule is CN(C)c1cccc(N2CC(=O)NC(C3CC3)C2=O)c1. The van der Waals surface area contributed by atoms with Gasteiger partial charge in [-0.25, -0.2) is 0 Å². The third-order valence-electron chi connectivity index (χ3n) is 3.90. The lowest BCUT2D eigenvalue weighted by atomic mass is 10.1. The third kappa shape index (κ3) is 2.35. The summed E-state index contributed by atoms with van der Waals surface area (Å²) in [6.07, 6.45) is 2.06. The Labute approximate surface area is 118 Å². The number of benzene rings is 1. The molecule has 1 unspecified atom stereocenters. The fraction of sp³-hybridized carbons (Fsp3) is 0.467. The van der Waals surface area contributed by atoms with Gasteiger partial charge in [0.2, 0.25) is 11.8 Å². The van der Waals surface area contributed by atoms with Crippen molar-refractivity contribution < 1.29 is 9.59 Å². The summed E-state index contributed by atoms with van der Waals surface area (Å²) >= 11 is 0. The van der Waals surface area contributed by atoms with Crippen LogP contribution in [-0.2, 0) is 9.59 Å². The number of hydrogen-bond acceptors (Lipinski definition) is 3. The van der Waals surface area contributed by atoms with E-state index in [1.807, 2.05) is 43.3 Å². The second-order valence-electron chi connectivity index (χ2n) is 5.72. The van der Waals surface area contributed by atoms with Gasteiger partial charge in [0.1, 0.15) is 12.6 Å². The minimum atomic E-state index is -0.334. The lowest BCUT2D eigenvalue weighted by Crippen LogP contribution is -2.59. The van der Waals surface area contributed by atoms with Gasteiger partial charge in [-0.3, -0.25) is 9.59 Å². The van der Waals surface area contributed by atoms with Crippen molar-refractivity contribution in [2.24, 2.45) is 5.92 Å². The Morgan fingerprint density at radius 1 is 1.25 bits per heavy atom. The predicted octanol–water partition coefficient (Wildman–Crippen LogP) is 0.994. The topological polar surface area (TPSA) is 52.6 Å². The zero-order chi connectivity index (χ0) is 14.3. The third-order valence-corrected chi connectivity index (χ3v) is 3.90. The van der Waals surface area contributed by atoms with Crippen molar-refractivity contribution in [1.29, 1.82) is 0 Å². The molecule has 1 aromatic rings. The van der Waals surface area contributed by atoms with Gasteiger partial charge in [0.05, 0.1) is 0 Å². The van der Waals surface area contributed by atoms with Gasteiger partial charge in [0.25, 0.3) is 0 Å². The number of nitrogens with zero attached hydrogens (tertiary/aromatic N) is 2. The van der Waals surface area contributed by atoms with Crippen molar-refractivity contribution in [3.63, 3.8) is 0 Å². The summed E-state index contributed by atoms with van der Waals surface area (Å²) in [5, 5.41) is 2.82. The molecule has 2 aliphatic rings. The maximum absolute atomic E-state index is 12.5. The maximum atomic E-state index is 12.5. The standard InChI is InChI=1S/C15H19N3O2/c1-17(2)11-4-3-5-12(8-11)18-9-13(19)16-14(15(18)20)10-6-7-10/h3-5,8,10,14H,6-7,9H2,1-2H3,(H,16,19). The number of rotatable bonds is 3. The van der Waals surface area contributed by atoms with Gasteiger partial charge in [-0.2, -0.15) is 0 Å². The Morgan fingerprint density at radius 2 is 2.00 bits per heavy atom. The van der Waals surface area contributed by atoms with E-state index in [1.54, 1.807) is 4.90 Å². The summed E-state index contributed by atoms with van der Waals surface area (Å²) in [5.41, 5.74) is 1.81. The van der Waals surface area contributed by atoms with Crippen molar-refractivity contribution in [3.05, 3.63) is 24.3 Å². The highest BCUT2D eigenvalue weighted by molar-refractivity contribution is 6.07. The number of piperazine rings is 1. The predicted molar refractivity (Wildman–Crippen MR) is 77.8 cm³/mol. The van der Waals surface area contributed by atoms with Crippen LogP contribution >= 0.6 is 0 Å². The molecular weight excluding hydrogens is 254 g/mol. The summed E-state index contributed by atoms with van der Waals surface area (Å²) in [5.74, 6) is 0.269. The van der Waals surface area contributed by atoms with Crippen LogP contribution in [-0.4, -0.2) is 38.5 Å². The summed E-state index contributed by atoms with van der Waals surface area (Å²) in [6.45, 7) is 0.110. The van der Waals surface area contributed by atoms with Crippen molar-refractivity contribution in [2.45, 2.75) is 18.9 Å². The molecule has 0 radical (unpaired) electrons.